The Morgan fingerprint density at radius 2 is 1.72 bits per heavy atom. The van der Waals surface area contributed by atoms with Crippen LogP contribution in [0, 0.1) is 6.92 Å². The first-order valence-electron chi connectivity index (χ1n) is 11.0. The van der Waals surface area contributed by atoms with Gasteiger partial charge in [0.25, 0.3) is 5.91 Å². The van der Waals surface area contributed by atoms with Gasteiger partial charge in [-0.2, -0.15) is 0 Å². The van der Waals surface area contributed by atoms with Crippen molar-refractivity contribution in [3.63, 3.8) is 0 Å². The molecule has 164 valence electrons. The summed E-state index contributed by atoms with van der Waals surface area (Å²) in [6, 6.07) is 21.6. The highest BCUT2D eigenvalue weighted by molar-refractivity contribution is 6.05. The third kappa shape index (κ3) is 4.89. The number of carbonyl (C=O) groups excluding carboxylic acids is 2. The molecule has 0 saturated carbocycles. The van der Waals surface area contributed by atoms with Gasteiger partial charge in [0.1, 0.15) is 0 Å². The molecule has 1 heterocycles. The fourth-order valence-corrected chi connectivity index (χ4v) is 4.10. The van der Waals surface area contributed by atoms with Crippen molar-refractivity contribution >= 4 is 17.6 Å². The van der Waals surface area contributed by atoms with Crippen molar-refractivity contribution < 1.29 is 14.3 Å². The number of hydrogen-bond donors (Lipinski definition) is 1. The van der Waals surface area contributed by atoms with Gasteiger partial charge in [0.05, 0.1) is 12.2 Å². The minimum absolute atomic E-state index is 0.201. The summed E-state index contributed by atoms with van der Waals surface area (Å²) in [6.45, 7) is 6.74. The molecule has 0 bridgehead atoms. The van der Waals surface area contributed by atoms with Crippen LogP contribution in [0.15, 0.2) is 66.7 Å². The van der Waals surface area contributed by atoms with Gasteiger partial charge in [-0.1, -0.05) is 42.5 Å². The van der Waals surface area contributed by atoms with Crippen molar-refractivity contribution in [2.45, 2.75) is 33.4 Å². The second-order valence-corrected chi connectivity index (χ2v) is 8.08. The van der Waals surface area contributed by atoms with Gasteiger partial charge in [0.15, 0.2) is 0 Å². The SMILES string of the molecule is CCOC(=O)c1cccc(NC(=O)c2ccc(CN3CCc4ccccc4C3)cc2)c1C. The number of nitrogens with zero attached hydrogens (tertiary/aromatic N) is 1. The van der Waals surface area contributed by atoms with E-state index in [1.807, 2.05) is 31.2 Å². The third-order valence-electron chi connectivity index (χ3n) is 5.91. The molecule has 0 spiro atoms. The average molecular weight is 429 g/mol. The van der Waals surface area contributed by atoms with Crippen molar-refractivity contribution in [3.05, 3.63) is 100 Å². The van der Waals surface area contributed by atoms with Gasteiger partial charge in [0.2, 0.25) is 0 Å². The van der Waals surface area contributed by atoms with Crippen molar-refractivity contribution in [1.29, 1.82) is 0 Å². The fourth-order valence-electron chi connectivity index (χ4n) is 4.10. The summed E-state index contributed by atoms with van der Waals surface area (Å²) in [7, 11) is 0. The third-order valence-corrected chi connectivity index (χ3v) is 5.91. The molecule has 5 nitrogen and oxygen atoms in total. The molecule has 3 aromatic carbocycles. The monoisotopic (exact) mass is 428 g/mol. The number of esters is 1. The average Bonchev–Trinajstić information content (AvgIpc) is 2.81. The number of ether oxygens (including phenoxy) is 1. The predicted molar refractivity (Wildman–Crippen MR) is 126 cm³/mol. The smallest absolute Gasteiger partial charge is 0.338 e. The molecule has 3 aromatic rings. The van der Waals surface area contributed by atoms with Crippen LogP contribution in [0.2, 0.25) is 0 Å². The van der Waals surface area contributed by atoms with Crippen LogP contribution in [0.5, 0.6) is 0 Å². The lowest BCUT2D eigenvalue weighted by atomic mass is 9.99. The van der Waals surface area contributed by atoms with E-state index in [0.29, 0.717) is 29.0 Å². The van der Waals surface area contributed by atoms with Crippen LogP contribution in [0.25, 0.3) is 0 Å². The molecule has 0 fully saturated rings. The maximum Gasteiger partial charge on any atom is 0.338 e. The highest BCUT2D eigenvalue weighted by Crippen LogP contribution is 2.22. The van der Waals surface area contributed by atoms with Gasteiger partial charge in [-0.25, -0.2) is 4.79 Å². The molecule has 5 heteroatoms. The molecule has 0 unspecified atom stereocenters. The van der Waals surface area contributed by atoms with Crippen LogP contribution in [0.3, 0.4) is 0 Å². The van der Waals surface area contributed by atoms with Crippen LogP contribution in [-0.2, 0) is 24.2 Å². The molecule has 1 aliphatic heterocycles. The van der Waals surface area contributed by atoms with Crippen LogP contribution in [0.1, 0.15) is 49.9 Å². The van der Waals surface area contributed by atoms with Crippen molar-refractivity contribution in [3.8, 4) is 0 Å². The standard InChI is InChI=1S/C27H28N2O3/c1-3-32-27(31)24-9-6-10-25(19(24)2)28-26(30)22-13-11-20(12-14-22)17-29-16-15-21-7-4-5-8-23(21)18-29/h4-14H,3,15-18H2,1-2H3,(H,28,30). The number of fused-ring (bicyclic) bond motifs is 1. The molecule has 1 N–H and O–H groups in total. The van der Waals surface area contributed by atoms with E-state index in [2.05, 4.69) is 34.5 Å². The van der Waals surface area contributed by atoms with E-state index < -0.39 is 0 Å². The largest absolute Gasteiger partial charge is 0.462 e. The lowest BCUT2D eigenvalue weighted by Gasteiger charge is -2.28. The van der Waals surface area contributed by atoms with Gasteiger partial charge in [-0.15, -0.1) is 0 Å². The first kappa shape index (κ1) is 21.8. The Labute approximate surface area is 189 Å². The van der Waals surface area contributed by atoms with Crippen molar-refractivity contribution in [2.24, 2.45) is 0 Å². The summed E-state index contributed by atoms with van der Waals surface area (Å²) in [5, 5.41) is 2.92. The molecule has 0 aliphatic carbocycles. The van der Waals surface area contributed by atoms with Crippen LogP contribution in [-0.4, -0.2) is 29.9 Å². The number of anilines is 1. The van der Waals surface area contributed by atoms with E-state index in [-0.39, 0.29) is 11.9 Å². The van der Waals surface area contributed by atoms with Crippen LogP contribution < -0.4 is 5.32 Å². The first-order chi connectivity index (χ1) is 15.5. The van der Waals surface area contributed by atoms with E-state index in [0.717, 1.165) is 26.1 Å². The summed E-state index contributed by atoms with van der Waals surface area (Å²) in [4.78, 5) is 27.3. The molecular formula is C27H28N2O3. The summed E-state index contributed by atoms with van der Waals surface area (Å²) in [5.74, 6) is -0.585. The Hall–Kier alpha value is -3.44. The number of benzene rings is 3. The van der Waals surface area contributed by atoms with E-state index in [4.69, 9.17) is 4.74 Å². The maximum absolute atomic E-state index is 12.8. The minimum Gasteiger partial charge on any atom is -0.462 e. The lowest BCUT2D eigenvalue weighted by molar-refractivity contribution is 0.0525. The van der Waals surface area contributed by atoms with Gasteiger partial charge in [-0.05, 0) is 66.8 Å². The number of hydrogen-bond acceptors (Lipinski definition) is 4. The van der Waals surface area contributed by atoms with Crippen LogP contribution >= 0.6 is 0 Å². The highest BCUT2D eigenvalue weighted by Gasteiger charge is 2.17. The van der Waals surface area contributed by atoms with E-state index in [1.54, 1.807) is 25.1 Å². The minimum atomic E-state index is -0.384. The van der Waals surface area contributed by atoms with Crippen LogP contribution in [0.4, 0.5) is 5.69 Å². The van der Waals surface area contributed by atoms with Gasteiger partial charge in [-0.3, -0.25) is 9.69 Å². The second-order valence-electron chi connectivity index (χ2n) is 8.08. The number of nitrogens with one attached hydrogen (secondary N) is 1. The summed E-state index contributed by atoms with van der Waals surface area (Å²) >= 11 is 0. The molecule has 32 heavy (non-hydrogen) atoms. The van der Waals surface area contributed by atoms with Crippen molar-refractivity contribution in [2.75, 3.05) is 18.5 Å². The first-order valence-corrected chi connectivity index (χ1v) is 11.0. The normalized spacial score (nSPS) is 13.3. The Bertz CT molecular complexity index is 1120. The molecule has 1 amide bonds. The Balaban J connectivity index is 1.40. The molecule has 0 aromatic heterocycles. The van der Waals surface area contributed by atoms with Crippen molar-refractivity contribution in [1.82, 2.24) is 4.90 Å². The molecule has 1 aliphatic rings. The number of carbonyl (C=O) groups is 2. The summed E-state index contributed by atoms with van der Waals surface area (Å²) in [5.41, 5.74) is 6.37. The molecular weight excluding hydrogens is 400 g/mol. The maximum atomic E-state index is 12.8. The topological polar surface area (TPSA) is 58.6 Å². The van der Waals surface area contributed by atoms with Gasteiger partial charge in [0, 0.05) is 30.9 Å². The zero-order chi connectivity index (χ0) is 22.5. The highest BCUT2D eigenvalue weighted by atomic mass is 16.5. The molecule has 0 atom stereocenters. The number of amides is 1. The zero-order valence-electron chi connectivity index (χ0n) is 18.6. The second kappa shape index (κ2) is 9.79. The van der Waals surface area contributed by atoms with E-state index >= 15 is 0 Å². The lowest BCUT2D eigenvalue weighted by Crippen LogP contribution is -2.29. The summed E-state index contributed by atoms with van der Waals surface area (Å²) in [6.07, 6.45) is 1.07. The molecule has 4 rings (SSSR count). The summed E-state index contributed by atoms with van der Waals surface area (Å²) < 4.78 is 5.09. The Kier molecular flexibility index (Phi) is 6.66. The molecule has 0 radical (unpaired) electrons. The zero-order valence-corrected chi connectivity index (χ0v) is 18.6. The Morgan fingerprint density at radius 3 is 2.47 bits per heavy atom. The fraction of sp³-hybridized carbons (Fsp3) is 0.259. The quantitative estimate of drug-likeness (QED) is 0.563. The van der Waals surface area contributed by atoms with E-state index in [9.17, 15) is 9.59 Å². The van der Waals surface area contributed by atoms with E-state index in [1.165, 1.54) is 16.7 Å². The Morgan fingerprint density at radius 1 is 0.969 bits per heavy atom. The molecule has 0 saturated heterocycles. The van der Waals surface area contributed by atoms with Gasteiger partial charge < -0.3 is 10.1 Å². The number of rotatable bonds is 6. The van der Waals surface area contributed by atoms with Gasteiger partial charge >= 0.3 is 5.97 Å². The predicted octanol–water partition coefficient (Wildman–Crippen LogP) is 4.98.